The van der Waals surface area contributed by atoms with E-state index < -0.39 is 5.37 Å². The maximum atomic E-state index is 11.8. The summed E-state index contributed by atoms with van der Waals surface area (Å²) in [5.41, 5.74) is 2.08. The standard InChI is InChI=1S/C11H11BrN2O.C8H6BrN.C3H6ClNO/c1-13(2)11(15)14-7-6-8-4-3-5-9(12)10(8)14;9-7-3-1-2-6-4-5-10-8(6)7;1-5(2)3(4)6/h3-7H,1-2H3;1-5,10H;1-2H3. The number of fused-ring (bicyclic) bond motifs is 2. The van der Waals surface area contributed by atoms with Gasteiger partial charge in [-0.15, -0.1) is 0 Å². The van der Waals surface area contributed by atoms with Gasteiger partial charge in [-0.25, -0.2) is 4.79 Å². The molecular formula is C22H23Br2ClN4O2. The smallest absolute Gasteiger partial charge is 0.328 e. The number of nitrogens with zero attached hydrogens (tertiary/aromatic N) is 3. The maximum absolute atomic E-state index is 11.8. The number of benzene rings is 2. The van der Waals surface area contributed by atoms with Gasteiger partial charge in [0, 0.05) is 60.3 Å². The van der Waals surface area contributed by atoms with Crippen molar-refractivity contribution in [1.29, 1.82) is 0 Å². The van der Waals surface area contributed by atoms with Gasteiger partial charge in [-0.3, -0.25) is 9.36 Å². The molecule has 2 aromatic carbocycles. The molecule has 0 fully saturated rings. The van der Waals surface area contributed by atoms with E-state index in [1.807, 2.05) is 42.6 Å². The summed E-state index contributed by atoms with van der Waals surface area (Å²) in [5.74, 6) is 0. The zero-order valence-corrected chi connectivity index (χ0v) is 21.5. The minimum Gasteiger partial charge on any atom is -0.360 e. The fourth-order valence-corrected chi connectivity index (χ4v) is 3.64. The lowest BCUT2D eigenvalue weighted by Crippen LogP contribution is -2.26. The molecule has 0 spiro atoms. The average molecular weight is 571 g/mol. The number of rotatable bonds is 0. The first kappa shape index (κ1) is 25.0. The molecule has 2 aromatic heterocycles. The molecular weight excluding hydrogens is 548 g/mol. The molecule has 4 aromatic rings. The van der Waals surface area contributed by atoms with Crippen LogP contribution in [-0.4, -0.2) is 58.9 Å². The molecule has 0 saturated heterocycles. The lowest BCUT2D eigenvalue weighted by molar-refractivity contribution is 0.220. The summed E-state index contributed by atoms with van der Waals surface area (Å²) < 4.78 is 3.69. The summed E-state index contributed by atoms with van der Waals surface area (Å²) in [6.45, 7) is 0. The molecule has 9 heteroatoms. The van der Waals surface area contributed by atoms with E-state index in [-0.39, 0.29) is 6.03 Å². The fraction of sp³-hybridized carbons (Fsp3) is 0.182. The molecule has 2 amide bonds. The van der Waals surface area contributed by atoms with Crippen molar-refractivity contribution in [2.75, 3.05) is 28.2 Å². The van der Waals surface area contributed by atoms with E-state index in [1.165, 1.54) is 15.8 Å². The van der Waals surface area contributed by atoms with E-state index in [0.29, 0.717) is 0 Å². The Morgan fingerprint density at radius 1 is 0.871 bits per heavy atom. The summed E-state index contributed by atoms with van der Waals surface area (Å²) in [4.78, 5) is 27.7. The van der Waals surface area contributed by atoms with E-state index in [4.69, 9.17) is 11.6 Å². The van der Waals surface area contributed by atoms with Gasteiger partial charge >= 0.3 is 11.4 Å². The van der Waals surface area contributed by atoms with Crippen LogP contribution in [-0.2, 0) is 0 Å². The largest absolute Gasteiger partial charge is 0.360 e. The zero-order chi connectivity index (χ0) is 23.1. The maximum Gasteiger partial charge on any atom is 0.328 e. The van der Waals surface area contributed by atoms with Crippen molar-refractivity contribution < 1.29 is 9.59 Å². The van der Waals surface area contributed by atoms with Gasteiger partial charge < -0.3 is 14.8 Å². The molecule has 0 unspecified atom stereocenters. The van der Waals surface area contributed by atoms with Gasteiger partial charge in [-0.1, -0.05) is 24.3 Å². The molecule has 0 aliphatic heterocycles. The lowest BCUT2D eigenvalue weighted by atomic mass is 10.2. The van der Waals surface area contributed by atoms with Crippen LogP contribution in [0.1, 0.15) is 0 Å². The number of carbonyl (C=O) groups is 2. The molecule has 0 radical (unpaired) electrons. The molecule has 0 aliphatic carbocycles. The Morgan fingerprint density at radius 3 is 2.00 bits per heavy atom. The van der Waals surface area contributed by atoms with Gasteiger partial charge in [-0.05, 0) is 67.7 Å². The molecule has 1 N–H and O–H groups in total. The summed E-state index contributed by atoms with van der Waals surface area (Å²) in [5, 5.41) is 1.86. The van der Waals surface area contributed by atoms with Crippen molar-refractivity contribution in [1.82, 2.24) is 19.4 Å². The topological polar surface area (TPSA) is 61.3 Å². The SMILES string of the molecule is Brc1cccc2cc[nH]c12.CN(C)C(=O)Cl.CN(C)C(=O)n1ccc2cccc(Br)c21. The van der Waals surface area contributed by atoms with Gasteiger partial charge in [0.15, 0.2) is 0 Å². The normalized spacial score (nSPS) is 10.0. The van der Waals surface area contributed by atoms with Crippen LogP contribution in [0.4, 0.5) is 9.59 Å². The van der Waals surface area contributed by atoms with Gasteiger partial charge in [0.1, 0.15) is 0 Å². The molecule has 164 valence electrons. The Labute approximate surface area is 203 Å². The Morgan fingerprint density at radius 2 is 1.45 bits per heavy atom. The van der Waals surface area contributed by atoms with Gasteiger partial charge in [0.25, 0.3) is 0 Å². The minimum absolute atomic E-state index is 0.0445. The molecule has 0 aliphatic rings. The molecule has 6 nitrogen and oxygen atoms in total. The van der Waals surface area contributed by atoms with Gasteiger partial charge in [-0.2, -0.15) is 0 Å². The van der Waals surface area contributed by atoms with E-state index >= 15 is 0 Å². The molecule has 0 bridgehead atoms. The molecule has 31 heavy (non-hydrogen) atoms. The number of hydrogen-bond donors (Lipinski definition) is 1. The third-order valence-electron chi connectivity index (χ3n) is 4.14. The molecule has 4 rings (SSSR count). The third kappa shape index (κ3) is 6.59. The number of aromatic amines is 1. The second kappa shape index (κ2) is 11.4. The highest BCUT2D eigenvalue weighted by Gasteiger charge is 2.12. The van der Waals surface area contributed by atoms with Crippen molar-refractivity contribution in [3.63, 3.8) is 0 Å². The number of amides is 2. The second-order valence-corrected chi connectivity index (χ2v) is 8.90. The van der Waals surface area contributed by atoms with E-state index in [0.717, 1.165) is 19.8 Å². The van der Waals surface area contributed by atoms with Crippen LogP contribution in [0, 0.1) is 0 Å². The number of H-pyrrole nitrogens is 1. The number of nitrogens with one attached hydrogen (secondary N) is 1. The number of aromatic nitrogens is 2. The van der Waals surface area contributed by atoms with Crippen molar-refractivity contribution >= 4 is 76.7 Å². The first-order valence-electron chi connectivity index (χ1n) is 9.19. The van der Waals surface area contributed by atoms with Gasteiger partial charge in [0.2, 0.25) is 0 Å². The summed E-state index contributed by atoms with van der Waals surface area (Å²) in [6.07, 6.45) is 3.73. The van der Waals surface area contributed by atoms with Crippen LogP contribution >= 0.6 is 43.5 Å². The second-order valence-electron chi connectivity index (χ2n) is 6.87. The molecule has 2 heterocycles. The highest BCUT2D eigenvalue weighted by Crippen LogP contribution is 2.25. The van der Waals surface area contributed by atoms with Crippen LogP contribution in [0.15, 0.2) is 69.9 Å². The quantitative estimate of drug-likeness (QED) is 0.187. The third-order valence-corrected chi connectivity index (χ3v) is 5.78. The first-order chi connectivity index (χ1) is 14.6. The average Bonchev–Trinajstić information content (AvgIpc) is 3.36. The predicted octanol–water partition coefficient (Wildman–Crippen LogP) is 6.77. The highest BCUT2D eigenvalue weighted by atomic mass is 79.9. The van der Waals surface area contributed by atoms with E-state index in [2.05, 4.69) is 49.0 Å². The van der Waals surface area contributed by atoms with Crippen LogP contribution in [0.25, 0.3) is 21.8 Å². The van der Waals surface area contributed by atoms with E-state index in [1.54, 1.807) is 43.9 Å². The summed E-state index contributed by atoms with van der Waals surface area (Å²) in [6, 6.07) is 16.0. The van der Waals surface area contributed by atoms with Crippen molar-refractivity contribution in [2.45, 2.75) is 0 Å². The van der Waals surface area contributed by atoms with Crippen molar-refractivity contribution in [3.05, 3.63) is 69.9 Å². The van der Waals surface area contributed by atoms with Crippen molar-refractivity contribution in [3.8, 4) is 0 Å². The van der Waals surface area contributed by atoms with Crippen LogP contribution in [0.2, 0.25) is 0 Å². The van der Waals surface area contributed by atoms with Crippen LogP contribution in [0.5, 0.6) is 0 Å². The monoisotopic (exact) mass is 568 g/mol. The molecule has 0 saturated carbocycles. The lowest BCUT2D eigenvalue weighted by Gasteiger charge is -2.12. The Balaban J connectivity index is 0.000000184. The predicted molar refractivity (Wildman–Crippen MR) is 135 cm³/mol. The summed E-state index contributed by atoms with van der Waals surface area (Å²) in [7, 11) is 6.67. The Hall–Kier alpha value is -2.29. The number of halogens is 3. The van der Waals surface area contributed by atoms with Crippen molar-refractivity contribution in [2.24, 2.45) is 0 Å². The minimum atomic E-state index is -0.435. The Bertz CT molecular complexity index is 1180. The highest BCUT2D eigenvalue weighted by molar-refractivity contribution is 9.11. The number of carbonyl (C=O) groups excluding carboxylic acids is 2. The number of para-hydroxylation sites is 2. The van der Waals surface area contributed by atoms with E-state index in [9.17, 15) is 9.59 Å². The molecule has 0 atom stereocenters. The van der Waals surface area contributed by atoms with Crippen LogP contribution in [0.3, 0.4) is 0 Å². The summed E-state index contributed by atoms with van der Waals surface area (Å²) >= 11 is 11.8. The number of hydrogen-bond acceptors (Lipinski definition) is 2. The zero-order valence-electron chi connectivity index (χ0n) is 17.6. The fourth-order valence-electron chi connectivity index (χ4n) is 2.57. The van der Waals surface area contributed by atoms with Gasteiger partial charge in [0.05, 0.1) is 11.0 Å². The Kier molecular flexibility index (Phi) is 9.15. The first-order valence-corrected chi connectivity index (χ1v) is 11.2. The van der Waals surface area contributed by atoms with Crippen LogP contribution < -0.4 is 0 Å².